The van der Waals surface area contributed by atoms with E-state index in [-0.39, 0.29) is 24.2 Å². The number of ether oxygens (including phenoxy) is 1. The zero-order valence-corrected chi connectivity index (χ0v) is 16.0. The van der Waals surface area contributed by atoms with E-state index in [4.69, 9.17) is 4.74 Å². The second-order valence-electron chi connectivity index (χ2n) is 7.61. The average Bonchev–Trinajstić information content (AvgIpc) is 2.94. The van der Waals surface area contributed by atoms with Crippen LogP contribution in [0.2, 0.25) is 0 Å². The van der Waals surface area contributed by atoms with Crippen LogP contribution in [0.15, 0.2) is 24.3 Å². The molecule has 5 nitrogen and oxygen atoms in total. The van der Waals surface area contributed by atoms with Gasteiger partial charge in [0, 0.05) is 26.1 Å². The molecule has 138 valence electrons. The summed E-state index contributed by atoms with van der Waals surface area (Å²) in [6.07, 6.45) is 0.267. The minimum absolute atomic E-state index is 0.0168. The third-order valence-electron chi connectivity index (χ3n) is 4.33. The van der Waals surface area contributed by atoms with Gasteiger partial charge in [-0.25, -0.2) is 0 Å². The van der Waals surface area contributed by atoms with Crippen molar-refractivity contribution in [3.63, 3.8) is 0 Å². The van der Waals surface area contributed by atoms with Crippen LogP contribution in [0.4, 0.5) is 5.69 Å². The third kappa shape index (κ3) is 4.74. The molecule has 0 N–H and O–H groups in total. The highest BCUT2D eigenvalue weighted by atomic mass is 16.5. The molecule has 0 radical (unpaired) electrons. The largest absolute Gasteiger partial charge is 0.495 e. The summed E-state index contributed by atoms with van der Waals surface area (Å²) in [5.41, 5.74) is 0.740. The molecule has 1 aromatic rings. The molecule has 0 bridgehead atoms. The summed E-state index contributed by atoms with van der Waals surface area (Å²) in [4.78, 5) is 29.1. The van der Waals surface area contributed by atoms with Gasteiger partial charge in [0.2, 0.25) is 11.8 Å². The van der Waals surface area contributed by atoms with Crippen molar-refractivity contribution in [3.8, 4) is 5.75 Å². The second kappa shape index (κ2) is 8.37. The molecular weight excluding hydrogens is 316 g/mol. The van der Waals surface area contributed by atoms with Crippen LogP contribution in [0.25, 0.3) is 0 Å². The minimum atomic E-state index is -0.282. The Labute approximate surface area is 150 Å². The molecule has 1 saturated heterocycles. The molecule has 1 fully saturated rings. The van der Waals surface area contributed by atoms with Gasteiger partial charge < -0.3 is 14.5 Å². The van der Waals surface area contributed by atoms with E-state index in [1.54, 1.807) is 12.0 Å². The van der Waals surface area contributed by atoms with Crippen LogP contribution in [0, 0.1) is 17.8 Å². The maximum Gasteiger partial charge on any atom is 0.228 e. The molecule has 2 amide bonds. The number of benzene rings is 1. The molecule has 0 aliphatic carbocycles. The Kier molecular flexibility index (Phi) is 6.45. The lowest BCUT2D eigenvalue weighted by molar-refractivity contribution is -0.136. The average molecular weight is 346 g/mol. The number of hydrogen-bond acceptors (Lipinski definition) is 3. The van der Waals surface area contributed by atoms with Crippen molar-refractivity contribution in [1.29, 1.82) is 0 Å². The van der Waals surface area contributed by atoms with E-state index >= 15 is 0 Å². The van der Waals surface area contributed by atoms with Gasteiger partial charge in [-0.05, 0) is 24.0 Å². The van der Waals surface area contributed by atoms with Crippen LogP contribution in [-0.2, 0) is 9.59 Å². The van der Waals surface area contributed by atoms with Gasteiger partial charge in [-0.2, -0.15) is 0 Å². The number of carbonyl (C=O) groups excluding carboxylic acids is 2. The number of nitrogens with zero attached hydrogens (tertiary/aromatic N) is 2. The Morgan fingerprint density at radius 1 is 1.20 bits per heavy atom. The van der Waals surface area contributed by atoms with Gasteiger partial charge in [0.25, 0.3) is 0 Å². The van der Waals surface area contributed by atoms with E-state index in [2.05, 4.69) is 27.7 Å². The fourth-order valence-electron chi connectivity index (χ4n) is 3.35. The van der Waals surface area contributed by atoms with Crippen LogP contribution in [0.1, 0.15) is 34.1 Å². The summed E-state index contributed by atoms with van der Waals surface area (Å²) >= 11 is 0. The number of hydrogen-bond donors (Lipinski definition) is 0. The van der Waals surface area contributed by atoms with Crippen molar-refractivity contribution in [2.75, 3.05) is 31.6 Å². The lowest BCUT2D eigenvalue weighted by Gasteiger charge is -2.29. The molecule has 1 aromatic carbocycles. The molecule has 0 saturated carbocycles. The van der Waals surface area contributed by atoms with Crippen molar-refractivity contribution in [2.24, 2.45) is 17.8 Å². The van der Waals surface area contributed by atoms with E-state index in [1.165, 1.54) is 0 Å². The van der Waals surface area contributed by atoms with Crippen molar-refractivity contribution >= 4 is 17.5 Å². The topological polar surface area (TPSA) is 49.9 Å². The van der Waals surface area contributed by atoms with E-state index in [1.807, 2.05) is 29.2 Å². The van der Waals surface area contributed by atoms with Crippen LogP contribution >= 0.6 is 0 Å². The molecule has 25 heavy (non-hydrogen) atoms. The summed E-state index contributed by atoms with van der Waals surface area (Å²) in [5.74, 6) is 1.26. The minimum Gasteiger partial charge on any atom is -0.495 e. The molecule has 1 heterocycles. The molecule has 1 aliphatic rings. The highest BCUT2D eigenvalue weighted by Crippen LogP contribution is 2.33. The molecular formula is C20H30N2O3. The van der Waals surface area contributed by atoms with E-state index in [0.717, 1.165) is 18.8 Å². The van der Waals surface area contributed by atoms with E-state index in [0.29, 0.717) is 24.1 Å². The number of rotatable bonds is 7. The first-order valence-corrected chi connectivity index (χ1v) is 9.05. The van der Waals surface area contributed by atoms with Crippen molar-refractivity contribution in [1.82, 2.24) is 4.90 Å². The van der Waals surface area contributed by atoms with Gasteiger partial charge in [-0.1, -0.05) is 39.8 Å². The zero-order valence-electron chi connectivity index (χ0n) is 16.0. The van der Waals surface area contributed by atoms with Gasteiger partial charge in [0.15, 0.2) is 0 Å². The Balaban J connectivity index is 2.16. The summed E-state index contributed by atoms with van der Waals surface area (Å²) in [5, 5.41) is 0. The van der Waals surface area contributed by atoms with Crippen LogP contribution in [0.5, 0.6) is 5.75 Å². The summed E-state index contributed by atoms with van der Waals surface area (Å²) in [6, 6.07) is 7.45. The molecule has 5 heteroatoms. The van der Waals surface area contributed by atoms with Crippen molar-refractivity contribution in [2.45, 2.75) is 34.1 Å². The number of anilines is 1. The highest BCUT2D eigenvalue weighted by Gasteiger charge is 2.38. The first kappa shape index (κ1) is 19.3. The SMILES string of the molecule is COc1ccccc1N1CC(C(=O)N(CC(C)C)CC(C)C)CC1=O. The Hall–Kier alpha value is -2.04. The quantitative estimate of drug-likeness (QED) is 0.762. The van der Waals surface area contributed by atoms with Crippen LogP contribution in [0.3, 0.4) is 0 Å². The molecule has 0 aromatic heterocycles. The first-order chi connectivity index (χ1) is 11.8. The summed E-state index contributed by atoms with van der Waals surface area (Å²) < 4.78 is 5.37. The molecule has 1 aliphatic heterocycles. The van der Waals surface area contributed by atoms with Gasteiger partial charge in [-0.3, -0.25) is 9.59 Å². The highest BCUT2D eigenvalue weighted by molar-refractivity contribution is 6.01. The zero-order chi connectivity index (χ0) is 18.6. The molecule has 2 rings (SSSR count). The van der Waals surface area contributed by atoms with Crippen molar-refractivity contribution in [3.05, 3.63) is 24.3 Å². The fraction of sp³-hybridized carbons (Fsp3) is 0.600. The summed E-state index contributed by atoms with van der Waals surface area (Å²) in [7, 11) is 1.59. The van der Waals surface area contributed by atoms with Gasteiger partial charge >= 0.3 is 0 Å². The Morgan fingerprint density at radius 2 is 1.80 bits per heavy atom. The number of para-hydroxylation sites is 2. The van der Waals surface area contributed by atoms with Crippen LogP contribution in [-0.4, -0.2) is 43.5 Å². The molecule has 1 unspecified atom stereocenters. The molecule has 0 spiro atoms. The first-order valence-electron chi connectivity index (χ1n) is 9.05. The Morgan fingerprint density at radius 3 is 2.36 bits per heavy atom. The molecule has 1 atom stereocenters. The third-order valence-corrected chi connectivity index (χ3v) is 4.33. The van der Waals surface area contributed by atoms with E-state index in [9.17, 15) is 9.59 Å². The predicted octanol–water partition coefficient (Wildman–Crippen LogP) is 3.19. The number of carbonyl (C=O) groups is 2. The van der Waals surface area contributed by atoms with Gasteiger partial charge in [0.1, 0.15) is 5.75 Å². The fourth-order valence-corrected chi connectivity index (χ4v) is 3.35. The van der Waals surface area contributed by atoms with Gasteiger partial charge in [-0.15, -0.1) is 0 Å². The lowest BCUT2D eigenvalue weighted by atomic mass is 10.0. The Bertz CT molecular complexity index is 603. The standard InChI is InChI=1S/C20H30N2O3/c1-14(2)11-21(12-15(3)4)20(24)16-10-19(23)22(13-16)17-8-6-7-9-18(17)25-5/h6-9,14-16H,10-13H2,1-5H3. The second-order valence-corrected chi connectivity index (χ2v) is 7.61. The maximum absolute atomic E-state index is 13.0. The normalized spacial score (nSPS) is 17.5. The summed E-state index contributed by atoms with van der Waals surface area (Å²) in [6.45, 7) is 10.3. The monoisotopic (exact) mass is 346 g/mol. The lowest BCUT2D eigenvalue weighted by Crippen LogP contribution is -2.41. The smallest absolute Gasteiger partial charge is 0.228 e. The predicted molar refractivity (Wildman–Crippen MR) is 99.7 cm³/mol. The van der Waals surface area contributed by atoms with Crippen LogP contribution < -0.4 is 9.64 Å². The van der Waals surface area contributed by atoms with E-state index < -0.39 is 0 Å². The number of amides is 2. The number of methoxy groups -OCH3 is 1. The maximum atomic E-state index is 13.0. The van der Waals surface area contributed by atoms with Gasteiger partial charge in [0.05, 0.1) is 18.7 Å². The van der Waals surface area contributed by atoms with Crippen molar-refractivity contribution < 1.29 is 14.3 Å².